The zero-order chi connectivity index (χ0) is 15.2. The Balaban J connectivity index is 2.50. The van der Waals surface area contributed by atoms with Crippen molar-refractivity contribution >= 4 is 23.5 Å². The topological polar surface area (TPSA) is 102 Å². The first-order valence-corrected chi connectivity index (χ1v) is 7.71. The molecule has 0 radical (unpaired) electrons. The van der Waals surface area contributed by atoms with Gasteiger partial charge in [0.1, 0.15) is 17.5 Å². The highest BCUT2D eigenvalue weighted by Crippen LogP contribution is 2.34. The van der Waals surface area contributed by atoms with E-state index in [0.29, 0.717) is 5.69 Å². The van der Waals surface area contributed by atoms with Crippen molar-refractivity contribution in [1.82, 2.24) is 9.97 Å². The molecule has 4 N–H and O–H groups in total. The predicted molar refractivity (Wildman–Crippen MR) is 86.6 cm³/mol. The van der Waals surface area contributed by atoms with Crippen LogP contribution in [0.1, 0.15) is 25.3 Å². The molecule has 0 saturated heterocycles. The van der Waals surface area contributed by atoms with Crippen molar-refractivity contribution in [2.75, 3.05) is 17.2 Å². The summed E-state index contributed by atoms with van der Waals surface area (Å²) < 4.78 is 0. The first-order chi connectivity index (χ1) is 10.2. The van der Waals surface area contributed by atoms with E-state index in [-0.39, 0.29) is 17.3 Å². The lowest BCUT2D eigenvalue weighted by atomic mass is 10.1. The van der Waals surface area contributed by atoms with Crippen molar-refractivity contribution in [3.8, 4) is 17.3 Å². The van der Waals surface area contributed by atoms with Crippen LogP contribution in [0.15, 0.2) is 29.2 Å². The van der Waals surface area contributed by atoms with Crippen LogP contribution < -0.4 is 11.5 Å². The number of nitrogens with two attached hydrogens (primary N) is 2. The van der Waals surface area contributed by atoms with Gasteiger partial charge in [0.25, 0.3) is 0 Å². The van der Waals surface area contributed by atoms with Crippen LogP contribution >= 0.6 is 11.8 Å². The van der Waals surface area contributed by atoms with E-state index in [1.54, 1.807) is 11.8 Å². The molecule has 21 heavy (non-hydrogen) atoms. The lowest BCUT2D eigenvalue weighted by molar-refractivity contribution is 0.896. The molecule has 1 heterocycles. The third kappa shape index (κ3) is 3.44. The first kappa shape index (κ1) is 15.1. The number of unbranched alkanes of at least 4 members (excludes halogenated alkanes) is 1. The van der Waals surface area contributed by atoms with Gasteiger partial charge in [-0.25, -0.2) is 4.98 Å². The summed E-state index contributed by atoms with van der Waals surface area (Å²) in [6.45, 7) is 2.16. The molecule has 1 aromatic heterocycles. The highest BCUT2D eigenvalue weighted by Gasteiger charge is 2.15. The van der Waals surface area contributed by atoms with Gasteiger partial charge in [0.2, 0.25) is 5.95 Å². The summed E-state index contributed by atoms with van der Waals surface area (Å²) in [5, 5.41) is 9.30. The molecular weight excluding hydrogens is 282 g/mol. The van der Waals surface area contributed by atoms with Crippen molar-refractivity contribution in [2.45, 2.75) is 24.7 Å². The predicted octanol–water partition coefficient (Wildman–Crippen LogP) is 3.07. The molecule has 5 nitrogen and oxygen atoms in total. The molecular formula is C15H17N5S. The Morgan fingerprint density at radius 3 is 2.71 bits per heavy atom. The number of thioether (sulfide) groups is 1. The molecule has 0 bridgehead atoms. The minimum absolute atomic E-state index is 0.0786. The molecule has 0 saturated carbocycles. The van der Waals surface area contributed by atoms with Gasteiger partial charge in [-0.05, 0) is 18.2 Å². The molecule has 0 atom stereocenters. The molecule has 1 aromatic carbocycles. The quantitative estimate of drug-likeness (QED) is 0.650. The fourth-order valence-corrected chi connectivity index (χ4v) is 3.06. The Labute approximate surface area is 128 Å². The van der Waals surface area contributed by atoms with Gasteiger partial charge in [-0.2, -0.15) is 10.2 Å². The highest BCUT2D eigenvalue weighted by atomic mass is 32.2. The summed E-state index contributed by atoms with van der Waals surface area (Å²) in [7, 11) is 0. The van der Waals surface area contributed by atoms with Crippen molar-refractivity contribution in [2.24, 2.45) is 0 Å². The van der Waals surface area contributed by atoms with E-state index in [1.165, 1.54) is 0 Å². The van der Waals surface area contributed by atoms with Crippen LogP contribution in [0.3, 0.4) is 0 Å². The van der Waals surface area contributed by atoms with Crippen LogP contribution in [-0.4, -0.2) is 15.7 Å². The van der Waals surface area contributed by atoms with E-state index in [2.05, 4.69) is 23.0 Å². The van der Waals surface area contributed by atoms with Gasteiger partial charge in [-0.15, -0.1) is 11.8 Å². The Morgan fingerprint density at radius 1 is 1.24 bits per heavy atom. The van der Waals surface area contributed by atoms with E-state index in [1.807, 2.05) is 24.3 Å². The molecule has 0 spiro atoms. The van der Waals surface area contributed by atoms with E-state index >= 15 is 0 Å². The normalized spacial score (nSPS) is 10.3. The van der Waals surface area contributed by atoms with Gasteiger partial charge in [-0.1, -0.05) is 31.5 Å². The zero-order valence-corrected chi connectivity index (χ0v) is 12.7. The fourth-order valence-electron chi connectivity index (χ4n) is 1.92. The number of aromatic nitrogens is 2. The van der Waals surface area contributed by atoms with Crippen molar-refractivity contribution in [3.05, 3.63) is 29.8 Å². The van der Waals surface area contributed by atoms with Gasteiger partial charge in [0, 0.05) is 10.5 Å². The molecule has 0 aliphatic rings. The Bertz CT molecular complexity index is 678. The smallest absolute Gasteiger partial charge is 0.222 e. The average molecular weight is 299 g/mol. The van der Waals surface area contributed by atoms with E-state index in [0.717, 1.165) is 29.1 Å². The van der Waals surface area contributed by atoms with Gasteiger partial charge >= 0.3 is 0 Å². The number of anilines is 2. The summed E-state index contributed by atoms with van der Waals surface area (Å²) in [6, 6.07) is 9.90. The monoisotopic (exact) mass is 299 g/mol. The minimum Gasteiger partial charge on any atom is -0.382 e. The molecule has 2 aromatic rings. The molecule has 2 rings (SSSR count). The summed E-state index contributed by atoms with van der Waals surface area (Å²) in [5.41, 5.74) is 13.1. The standard InChI is InChI=1S/C15H17N5S/c1-2-3-8-21-12-7-5-4-6-10(12)13-11(9-16)14(17)20-15(18)19-13/h4-7H,2-3,8H2,1H3,(H4,17,18,19,20). The van der Waals surface area contributed by atoms with Crippen LogP contribution in [0.5, 0.6) is 0 Å². The van der Waals surface area contributed by atoms with Gasteiger partial charge in [0.15, 0.2) is 0 Å². The second kappa shape index (κ2) is 6.95. The van der Waals surface area contributed by atoms with E-state index < -0.39 is 0 Å². The fraction of sp³-hybridized carbons (Fsp3) is 0.267. The zero-order valence-electron chi connectivity index (χ0n) is 11.8. The van der Waals surface area contributed by atoms with Gasteiger partial charge < -0.3 is 11.5 Å². The maximum Gasteiger partial charge on any atom is 0.222 e. The lowest BCUT2D eigenvalue weighted by Crippen LogP contribution is -2.05. The number of hydrogen-bond donors (Lipinski definition) is 2. The Hall–Kier alpha value is -2.26. The van der Waals surface area contributed by atoms with Crippen molar-refractivity contribution in [1.29, 1.82) is 5.26 Å². The third-order valence-electron chi connectivity index (χ3n) is 2.96. The number of nitriles is 1. The lowest BCUT2D eigenvalue weighted by Gasteiger charge is -2.11. The largest absolute Gasteiger partial charge is 0.382 e. The molecule has 6 heteroatoms. The van der Waals surface area contributed by atoms with Crippen LogP contribution in [0, 0.1) is 11.3 Å². The van der Waals surface area contributed by atoms with Crippen molar-refractivity contribution < 1.29 is 0 Å². The highest BCUT2D eigenvalue weighted by molar-refractivity contribution is 7.99. The summed E-state index contributed by atoms with van der Waals surface area (Å²) in [5.74, 6) is 1.22. The maximum absolute atomic E-state index is 9.30. The van der Waals surface area contributed by atoms with Crippen LogP contribution in [0.2, 0.25) is 0 Å². The minimum atomic E-state index is 0.0786. The number of benzene rings is 1. The molecule has 0 aliphatic heterocycles. The van der Waals surface area contributed by atoms with E-state index in [9.17, 15) is 5.26 Å². The molecule has 0 amide bonds. The summed E-state index contributed by atoms with van der Waals surface area (Å²) in [6.07, 6.45) is 2.28. The maximum atomic E-state index is 9.30. The Kier molecular flexibility index (Phi) is 5.01. The first-order valence-electron chi connectivity index (χ1n) is 6.72. The average Bonchev–Trinajstić information content (AvgIpc) is 2.47. The summed E-state index contributed by atoms with van der Waals surface area (Å²) >= 11 is 1.75. The SMILES string of the molecule is CCCCSc1ccccc1-c1nc(N)nc(N)c1C#N. The molecule has 0 unspecified atom stereocenters. The number of nitrogens with zero attached hydrogens (tertiary/aromatic N) is 3. The number of rotatable bonds is 5. The second-order valence-electron chi connectivity index (χ2n) is 4.50. The molecule has 0 aliphatic carbocycles. The van der Waals surface area contributed by atoms with Gasteiger partial charge in [-0.3, -0.25) is 0 Å². The van der Waals surface area contributed by atoms with Crippen molar-refractivity contribution in [3.63, 3.8) is 0 Å². The second-order valence-corrected chi connectivity index (χ2v) is 5.64. The van der Waals surface area contributed by atoms with Crippen LogP contribution in [0.25, 0.3) is 11.3 Å². The van der Waals surface area contributed by atoms with Crippen LogP contribution in [-0.2, 0) is 0 Å². The molecule has 0 fully saturated rings. The van der Waals surface area contributed by atoms with Crippen LogP contribution in [0.4, 0.5) is 11.8 Å². The van der Waals surface area contributed by atoms with Gasteiger partial charge in [0.05, 0.1) is 5.69 Å². The number of hydrogen-bond acceptors (Lipinski definition) is 6. The molecule has 108 valence electrons. The Morgan fingerprint density at radius 2 is 2.00 bits per heavy atom. The number of nitrogen functional groups attached to an aromatic ring is 2. The van der Waals surface area contributed by atoms with E-state index in [4.69, 9.17) is 11.5 Å². The third-order valence-corrected chi connectivity index (χ3v) is 4.12. The summed E-state index contributed by atoms with van der Waals surface area (Å²) in [4.78, 5) is 9.13.